The second-order valence-electron chi connectivity index (χ2n) is 5.00. The van der Waals surface area contributed by atoms with E-state index < -0.39 is 0 Å². The number of nitrogens with zero attached hydrogens (tertiary/aromatic N) is 2. The van der Waals surface area contributed by atoms with Gasteiger partial charge in [-0.05, 0) is 24.5 Å². The fourth-order valence-electron chi connectivity index (χ4n) is 2.46. The molecule has 1 aromatic rings. The first-order valence-corrected chi connectivity index (χ1v) is 7.41. The summed E-state index contributed by atoms with van der Waals surface area (Å²) in [6.45, 7) is 5.12. The molecule has 114 valence electrons. The highest BCUT2D eigenvalue weighted by Gasteiger charge is 2.18. The summed E-state index contributed by atoms with van der Waals surface area (Å²) in [7, 11) is 1.40. The molecule has 0 saturated heterocycles. The number of esters is 1. The smallest absolute Gasteiger partial charge is 0.307 e. The van der Waals surface area contributed by atoms with E-state index in [4.69, 9.17) is 0 Å². The van der Waals surface area contributed by atoms with Crippen molar-refractivity contribution < 1.29 is 9.53 Å². The number of carbonyl (C=O) groups excluding carboxylic acids is 1. The number of nitrogens with one attached hydrogen (secondary N) is 1. The largest absolute Gasteiger partial charge is 0.469 e. The van der Waals surface area contributed by atoms with Crippen molar-refractivity contribution in [1.29, 1.82) is 0 Å². The molecule has 0 radical (unpaired) electrons. The van der Waals surface area contributed by atoms with Crippen LogP contribution in [-0.2, 0) is 22.5 Å². The molecule has 0 aliphatic carbocycles. The molecule has 5 heteroatoms. The maximum atomic E-state index is 11.2. The van der Waals surface area contributed by atoms with Crippen LogP contribution in [0.2, 0.25) is 0 Å². The maximum Gasteiger partial charge on any atom is 0.307 e. The molecule has 0 fully saturated rings. The molecule has 0 aromatic heterocycles. The summed E-state index contributed by atoms with van der Waals surface area (Å²) in [6, 6.07) is 8.52. The van der Waals surface area contributed by atoms with Crippen LogP contribution in [0, 0.1) is 0 Å². The zero-order valence-electron chi connectivity index (χ0n) is 12.8. The normalized spacial score (nSPS) is 14.6. The molecule has 0 saturated carbocycles. The Kier molecular flexibility index (Phi) is 5.60. The first-order chi connectivity index (χ1) is 10.2. The van der Waals surface area contributed by atoms with E-state index in [1.807, 2.05) is 6.92 Å². The molecule has 1 aliphatic rings. The number of hydrogen-bond acceptors (Lipinski definition) is 3. The lowest BCUT2D eigenvalue weighted by atomic mass is 10.0. The molecule has 2 rings (SSSR count). The molecule has 1 N–H and O–H groups in total. The highest BCUT2D eigenvalue weighted by Crippen LogP contribution is 2.18. The molecular formula is C16H23N3O2. The van der Waals surface area contributed by atoms with Gasteiger partial charge >= 0.3 is 5.97 Å². The number of guanidine groups is 1. The molecule has 5 nitrogen and oxygen atoms in total. The van der Waals surface area contributed by atoms with Crippen molar-refractivity contribution in [1.82, 2.24) is 10.2 Å². The Labute approximate surface area is 126 Å². The van der Waals surface area contributed by atoms with Crippen LogP contribution in [0.3, 0.4) is 0 Å². The lowest BCUT2D eigenvalue weighted by Gasteiger charge is -2.31. The molecule has 1 heterocycles. The fraction of sp³-hybridized carbons (Fsp3) is 0.500. The van der Waals surface area contributed by atoms with E-state index in [0.717, 1.165) is 32.0 Å². The van der Waals surface area contributed by atoms with Gasteiger partial charge in [-0.25, -0.2) is 0 Å². The third-order valence-electron chi connectivity index (χ3n) is 3.57. The van der Waals surface area contributed by atoms with Gasteiger partial charge in [0.25, 0.3) is 0 Å². The Bertz CT molecular complexity index is 514. The SMILES string of the molecule is CCNC(=NCCC(=O)OC)N1CCc2ccccc2C1. The summed E-state index contributed by atoms with van der Waals surface area (Å²) < 4.78 is 4.64. The molecule has 1 aromatic carbocycles. The van der Waals surface area contributed by atoms with Crippen molar-refractivity contribution in [3.8, 4) is 0 Å². The first kappa shape index (κ1) is 15.4. The van der Waals surface area contributed by atoms with E-state index in [2.05, 4.69) is 44.2 Å². The van der Waals surface area contributed by atoms with E-state index in [1.54, 1.807) is 0 Å². The third kappa shape index (κ3) is 4.21. The number of aliphatic imine (C=N–C) groups is 1. The van der Waals surface area contributed by atoms with Gasteiger partial charge in [-0.2, -0.15) is 0 Å². The topological polar surface area (TPSA) is 53.9 Å². The van der Waals surface area contributed by atoms with Crippen molar-refractivity contribution in [2.24, 2.45) is 4.99 Å². The van der Waals surface area contributed by atoms with Crippen LogP contribution in [-0.4, -0.2) is 43.6 Å². The van der Waals surface area contributed by atoms with Gasteiger partial charge in [0.2, 0.25) is 0 Å². The quantitative estimate of drug-likeness (QED) is 0.519. The number of benzene rings is 1. The Morgan fingerprint density at radius 3 is 2.86 bits per heavy atom. The minimum atomic E-state index is -0.224. The summed E-state index contributed by atoms with van der Waals surface area (Å²) in [6.07, 6.45) is 1.34. The summed E-state index contributed by atoms with van der Waals surface area (Å²) in [5.74, 6) is 0.648. The number of rotatable bonds is 4. The van der Waals surface area contributed by atoms with E-state index >= 15 is 0 Å². The molecule has 0 atom stereocenters. The highest BCUT2D eigenvalue weighted by atomic mass is 16.5. The van der Waals surface area contributed by atoms with Crippen molar-refractivity contribution in [3.05, 3.63) is 35.4 Å². The number of hydrogen-bond donors (Lipinski definition) is 1. The van der Waals surface area contributed by atoms with Crippen molar-refractivity contribution in [2.75, 3.05) is 26.7 Å². The van der Waals surface area contributed by atoms with E-state index in [0.29, 0.717) is 13.0 Å². The van der Waals surface area contributed by atoms with Crippen LogP contribution in [0.5, 0.6) is 0 Å². The fourth-order valence-corrected chi connectivity index (χ4v) is 2.46. The molecule has 21 heavy (non-hydrogen) atoms. The average molecular weight is 289 g/mol. The number of ether oxygens (including phenoxy) is 1. The molecule has 0 spiro atoms. The molecular weight excluding hydrogens is 266 g/mol. The van der Waals surface area contributed by atoms with Gasteiger partial charge < -0.3 is 15.0 Å². The minimum Gasteiger partial charge on any atom is -0.469 e. The second kappa shape index (κ2) is 7.67. The Morgan fingerprint density at radius 2 is 2.14 bits per heavy atom. The van der Waals surface area contributed by atoms with Gasteiger partial charge in [-0.15, -0.1) is 0 Å². The van der Waals surface area contributed by atoms with E-state index in [-0.39, 0.29) is 5.97 Å². The second-order valence-corrected chi connectivity index (χ2v) is 5.00. The summed E-state index contributed by atoms with van der Waals surface area (Å²) >= 11 is 0. The minimum absolute atomic E-state index is 0.224. The molecule has 0 bridgehead atoms. The molecule has 0 amide bonds. The van der Waals surface area contributed by atoms with Crippen LogP contribution < -0.4 is 5.32 Å². The van der Waals surface area contributed by atoms with Gasteiger partial charge in [0.1, 0.15) is 0 Å². The summed E-state index contributed by atoms with van der Waals surface area (Å²) in [4.78, 5) is 17.9. The first-order valence-electron chi connectivity index (χ1n) is 7.41. The Morgan fingerprint density at radius 1 is 1.38 bits per heavy atom. The zero-order valence-corrected chi connectivity index (χ0v) is 12.8. The monoisotopic (exact) mass is 289 g/mol. The van der Waals surface area contributed by atoms with E-state index in [9.17, 15) is 4.79 Å². The number of fused-ring (bicyclic) bond motifs is 1. The number of methoxy groups -OCH3 is 1. The standard InChI is InChI=1S/C16H23N3O2/c1-3-17-16(18-10-8-15(20)21-2)19-11-9-13-6-4-5-7-14(13)12-19/h4-7H,3,8-12H2,1-2H3,(H,17,18). The van der Waals surface area contributed by atoms with Crippen molar-refractivity contribution >= 4 is 11.9 Å². The van der Waals surface area contributed by atoms with Gasteiger partial charge in [0, 0.05) is 19.6 Å². The van der Waals surface area contributed by atoms with Gasteiger partial charge in [-0.1, -0.05) is 24.3 Å². The third-order valence-corrected chi connectivity index (χ3v) is 3.57. The van der Waals surface area contributed by atoms with Crippen LogP contribution in [0.25, 0.3) is 0 Å². The van der Waals surface area contributed by atoms with Crippen LogP contribution in [0.15, 0.2) is 29.3 Å². The predicted octanol–water partition coefficient (Wildman–Crippen LogP) is 1.57. The van der Waals surface area contributed by atoms with E-state index in [1.165, 1.54) is 18.2 Å². The van der Waals surface area contributed by atoms with Crippen LogP contribution in [0.4, 0.5) is 0 Å². The zero-order chi connectivity index (χ0) is 15.1. The summed E-state index contributed by atoms with van der Waals surface area (Å²) in [5.41, 5.74) is 2.77. The lowest BCUT2D eigenvalue weighted by Crippen LogP contribution is -2.44. The Balaban J connectivity index is 2.02. The van der Waals surface area contributed by atoms with Crippen LogP contribution in [0.1, 0.15) is 24.5 Å². The summed E-state index contributed by atoms with van der Waals surface area (Å²) in [5, 5.41) is 3.30. The van der Waals surface area contributed by atoms with Gasteiger partial charge in [0.05, 0.1) is 20.1 Å². The highest BCUT2D eigenvalue weighted by molar-refractivity contribution is 5.80. The Hall–Kier alpha value is -2.04. The van der Waals surface area contributed by atoms with Gasteiger partial charge in [0.15, 0.2) is 5.96 Å². The molecule has 1 aliphatic heterocycles. The number of carbonyl (C=O) groups is 1. The van der Waals surface area contributed by atoms with Crippen LogP contribution >= 0.6 is 0 Å². The average Bonchev–Trinajstić information content (AvgIpc) is 2.53. The van der Waals surface area contributed by atoms with Crippen molar-refractivity contribution in [2.45, 2.75) is 26.3 Å². The maximum absolute atomic E-state index is 11.2. The predicted molar refractivity (Wildman–Crippen MR) is 83.2 cm³/mol. The molecule has 0 unspecified atom stereocenters. The van der Waals surface area contributed by atoms with Crippen molar-refractivity contribution in [3.63, 3.8) is 0 Å². The lowest BCUT2D eigenvalue weighted by molar-refractivity contribution is -0.140. The van der Waals surface area contributed by atoms with Gasteiger partial charge in [-0.3, -0.25) is 9.79 Å².